The molecule has 1 atom stereocenters. The van der Waals surface area contributed by atoms with Crippen molar-refractivity contribution in [3.63, 3.8) is 0 Å². The van der Waals surface area contributed by atoms with Crippen LogP contribution in [0, 0.1) is 0 Å². The van der Waals surface area contributed by atoms with Crippen molar-refractivity contribution in [3.05, 3.63) is 16.4 Å². The Morgan fingerprint density at radius 3 is 2.88 bits per heavy atom. The third-order valence-electron chi connectivity index (χ3n) is 3.10. The zero-order valence-corrected chi connectivity index (χ0v) is 11.9. The number of aromatic nitrogens is 2. The normalized spacial score (nSPS) is 19.2. The standard InChI is InChI=1S/C11H18BrN3S/c1-15-11(9(12)6-14-15)10(13)7-16-8-4-2-3-5-8/h6,8,10H,2-5,7,13H2,1H3. The molecule has 1 saturated carbocycles. The molecule has 0 spiro atoms. The van der Waals surface area contributed by atoms with E-state index in [1.807, 2.05) is 29.7 Å². The van der Waals surface area contributed by atoms with E-state index in [9.17, 15) is 0 Å². The molecule has 1 aliphatic rings. The van der Waals surface area contributed by atoms with Crippen LogP contribution in [-0.2, 0) is 7.05 Å². The number of halogens is 1. The van der Waals surface area contributed by atoms with Gasteiger partial charge < -0.3 is 5.73 Å². The lowest BCUT2D eigenvalue weighted by Gasteiger charge is -2.15. The average Bonchev–Trinajstić information content (AvgIpc) is 2.86. The Morgan fingerprint density at radius 2 is 2.31 bits per heavy atom. The summed E-state index contributed by atoms with van der Waals surface area (Å²) < 4.78 is 2.89. The highest BCUT2D eigenvalue weighted by Crippen LogP contribution is 2.32. The van der Waals surface area contributed by atoms with E-state index in [1.165, 1.54) is 25.7 Å². The highest BCUT2D eigenvalue weighted by molar-refractivity contribution is 9.10. The molecule has 0 amide bonds. The van der Waals surface area contributed by atoms with Crippen LogP contribution in [0.4, 0.5) is 0 Å². The average molecular weight is 304 g/mol. The second-order valence-corrected chi connectivity index (χ2v) is 6.54. The van der Waals surface area contributed by atoms with Crippen LogP contribution in [0.2, 0.25) is 0 Å². The minimum atomic E-state index is 0.0764. The van der Waals surface area contributed by atoms with Gasteiger partial charge in [-0.05, 0) is 28.8 Å². The molecule has 16 heavy (non-hydrogen) atoms. The summed E-state index contributed by atoms with van der Waals surface area (Å²) in [4.78, 5) is 0. The molecule has 90 valence electrons. The molecule has 1 aromatic rings. The number of nitrogens with two attached hydrogens (primary N) is 1. The number of rotatable bonds is 4. The fraction of sp³-hybridized carbons (Fsp3) is 0.727. The van der Waals surface area contributed by atoms with E-state index in [1.54, 1.807) is 0 Å². The maximum absolute atomic E-state index is 6.21. The molecule has 1 fully saturated rings. The summed E-state index contributed by atoms with van der Waals surface area (Å²) in [6.45, 7) is 0. The summed E-state index contributed by atoms with van der Waals surface area (Å²) in [5.74, 6) is 0.989. The summed E-state index contributed by atoms with van der Waals surface area (Å²) in [5, 5.41) is 5.03. The molecule has 0 bridgehead atoms. The van der Waals surface area contributed by atoms with Crippen molar-refractivity contribution in [1.82, 2.24) is 9.78 Å². The monoisotopic (exact) mass is 303 g/mol. The quantitative estimate of drug-likeness (QED) is 0.930. The Morgan fingerprint density at radius 1 is 1.62 bits per heavy atom. The smallest absolute Gasteiger partial charge is 0.0698 e. The predicted molar refractivity (Wildman–Crippen MR) is 72.6 cm³/mol. The van der Waals surface area contributed by atoms with Crippen molar-refractivity contribution < 1.29 is 0 Å². The predicted octanol–water partition coefficient (Wildman–Crippen LogP) is 2.86. The van der Waals surface area contributed by atoms with Gasteiger partial charge in [0.05, 0.1) is 22.4 Å². The van der Waals surface area contributed by atoms with E-state index in [0.29, 0.717) is 0 Å². The first kappa shape index (κ1) is 12.5. The van der Waals surface area contributed by atoms with E-state index >= 15 is 0 Å². The minimum absolute atomic E-state index is 0.0764. The molecule has 0 saturated heterocycles. The van der Waals surface area contributed by atoms with Crippen LogP contribution in [0.5, 0.6) is 0 Å². The topological polar surface area (TPSA) is 43.8 Å². The van der Waals surface area contributed by atoms with Crippen LogP contribution in [0.1, 0.15) is 37.4 Å². The fourth-order valence-electron chi connectivity index (χ4n) is 2.21. The van der Waals surface area contributed by atoms with Crippen LogP contribution >= 0.6 is 27.7 Å². The summed E-state index contributed by atoms with van der Waals surface area (Å²) in [5.41, 5.74) is 7.31. The largest absolute Gasteiger partial charge is 0.322 e. The Bertz CT molecular complexity index is 327. The lowest BCUT2D eigenvalue weighted by Crippen LogP contribution is -2.18. The third kappa shape index (κ3) is 2.81. The van der Waals surface area contributed by atoms with Crippen LogP contribution in [-0.4, -0.2) is 20.8 Å². The van der Waals surface area contributed by atoms with Crippen molar-refractivity contribution in [2.24, 2.45) is 12.8 Å². The van der Waals surface area contributed by atoms with Gasteiger partial charge in [-0.3, -0.25) is 4.68 Å². The number of hydrogen-bond donors (Lipinski definition) is 1. The zero-order chi connectivity index (χ0) is 11.5. The van der Waals surface area contributed by atoms with Gasteiger partial charge in [0.1, 0.15) is 0 Å². The molecule has 1 unspecified atom stereocenters. The van der Waals surface area contributed by atoms with Crippen molar-refractivity contribution in [2.75, 3.05) is 5.75 Å². The first-order chi connectivity index (χ1) is 7.68. The first-order valence-electron chi connectivity index (χ1n) is 5.73. The SMILES string of the molecule is Cn1ncc(Br)c1C(N)CSC1CCCC1. The molecule has 3 nitrogen and oxygen atoms in total. The molecule has 2 N–H and O–H groups in total. The molecule has 1 aliphatic carbocycles. The maximum atomic E-state index is 6.21. The Labute approximate surface area is 109 Å². The lowest BCUT2D eigenvalue weighted by molar-refractivity contribution is 0.656. The van der Waals surface area contributed by atoms with E-state index < -0.39 is 0 Å². The zero-order valence-electron chi connectivity index (χ0n) is 9.53. The molecule has 0 aliphatic heterocycles. The summed E-state index contributed by atoms with van der Waals surface area (Å²) in [6.07, 6.45) is 7.33. The van der Waals surface area contributed by atoms with Crippen LogP contribution in [0.25, 0.3) is 0 Å². The van der Waals surface area contributed by atoms with Crippen molar-refractivity contribution in [2.45, 2.75) is 37.0 Å². The van der Waals surface area contributed by atoms with Gasteiger partial charge in [0.2, 0.25) is 0 Å². The summed E-state index contributed by atoms with van der Waals surface area (Å²) in [7, 11) is 1.94. The fourth-order valence-corrected chi connectivity index (χ4v) is 4.16. The van der Waals surface area contributed by atoms with Gasteiger partial charge in [-0.25, -0.2) is 0 Å². The van der Waals surface area contributed by atoms with Crippen molar-refractivity contribution >= 4 is 27.7 Å². The van der Waals surface area contributed by atoms with Crippen LogP contribution in [0.15, 0.2) is 10.7 Å². The van der Waals surface area contributed by atoms with Crippen LogP contribution < -0.4 is 5.73 Å². The lowest BCUT2D eigenvalue weighted by atomic mass is 10.2. The Hall–Kier alpha value is -0.0000000000000000555. The molecule has 1 aromatic heterocycles. The van der Waals surface area contributed by atoms with Crippen LogP contribution in [0.3, 0.4) is 0 Å². The van der Waals surface area contributed by atoms with Gasteiger partial charge in [-0.15, -0.1) is 0 Å². The van der Waals surface area contributed by atoms with E-state index in [-0.39, 0.29) is 6.04 Å². The number of nitrogens with zero attached hydrogens (tertiary/aromatic N) is 2. The molecule has 5 heteroatoms. The molecule has 0 radical (unpaired) electrons. The van der Waals surface area contributed by atoms with Gasteiger partial charge >= 0.3 is 0 Å². The number of thioether (sulfide) groups is 1. The van der Waals surface area contributed by atoms with Gasteiger partial charge in [0, 0.05) is 18.1 Å². The van der Waals surface area contributed by atoms with E-state index in [0.717, 1.165) is 21.2 Å². The molecule has 0 aromatic carbocycles. The highest BCUT2D eigenvalue weighted by atomic mass is 79.9. The molecular formula is C11H18BrN3S. The van der Waals surface area contributed by atoms with Gasteiger partial charge in [0.25, 0.3) is 0 Å². The molecule has 1 heterocycles. The molecular weight excluding hydrogens is 286 g/mol. The van der Waals surface area contributed by atoms with Crippen molar-refractivity contribution in [3.8, 4) is 0 Å². The Balaban J connectivity index is 1.89. The van der Waals surface area contributed by atoms with Crippen molar-refractivity contribution in [1.29, 1.82) is 0 Å². The van der Waals surface area contributed by atoms with E-state index in [4.69, 9.17) is 5.73 Å². The minimum Gasteiger partial charge on any atom is -0.322 e. The van der Waals surface area contributed by atoms with Gasteiger partial charge in [0.15, 0.2) is 0 Å². The molecule has 2 rings (SSSR count). The summed E-state index contributed by atoms with van der Waals surface area (Å²) >= 11 is 5.52. The third-order valence-corrected chi connectivity index (χ3v) is 5.21. The number of hydrogen-bond acceptors (Lipinski definition) is 3. The number of aryl methyl sites for hydroxylation is 1. The second-order valence-electron chi connectivity index (χ2n) is 4.35. The summed E-state index contributed by atoms with van der Waals surface area (Å²) in [6, 6.07) is 0.0764. The van der Waals surface area contributed by atoms with E-state index in [2.05, 4.69) is 21.0 Å². The second kappa shape index (κ2) is 5.56. The maximum Gasteiger partial charge on any atom is 0.0698 e. The van der Waals surface area contributed by atoms with Gasteiger partial charge in [-0.1, -0.05) is 12.8 Å². The highest BCUT2D eigenvalue weighted by Gasteiger charge is 2.19. The first-order valence-corrected chi connectivity index (χ1v) is 7.57. The Kier molecular flexibility index (Phi) is 4.33. The van der Waals surface area contributed by atoms with Gasteiger partial charge in [-0.2, -0.15) is 16.9 Å².